The molecule has 3 rings (SSSR count). The van der Waals surface area contributed by atoms with E-state index in [-0.39, 0.29) is 5.91 Å². The average Bonchev–Trinajstić information content (AvgIpc) is 3.22. The van der Waals surface area contributed by atoms with Crippen LogP contribution in [0.5, 0.6) is 17.2 Å². The highest BCUT2D eigenvalue weighted by Gasteiger charge is 2.23. The Hall–Kier alpha value is -3.48. The molecule has 1 aromatic heterocycles. The maximum absolute atomic E-state index is 13.3. The van der Waals surface area contributed by atoms with E-state index in [2.05, 4.69) is 5.10 Å². The van der Waals surface area contributed by atoms with Gasteiger partial charge in [0.1, 0.15) is 0 Å². The molecule has 0 saturated heterocycles. The third-order valence-electron chi connectivity index (χ3n) is 5.25. The van der Waals surface area contributed by atoms with E-state index in [4.69, 9.17) is 14.2 Å². The van der Waals surface area contributed by atoms with Crippen molar-refractivity contribution in [3.05, 3.63) is 65.0 Å². The number of hydrogen-bond donors (Lipinski definition) is 0. The first-order valence-corrected chi connectivity index (χ1v) is 10.1. The molecule has 0 unspecified atom stereocenters. The van der Waals surface area contributed by atoms with E-state index >= 15 is 0 Å². The molecule has 1 heterocycles. The second-order valence-electron chi connectivity index (χ2n) is 7.26. The first kappa shape index (κ1) is 22.2. The fraction of sp³-hybridized carbons (Fsp3) is 0.333. The lowest BCUT2D eigenvalue weighted by Gasteiger charge is -2.21. The van der Waals surface area contributed by atoms with Crippen molar-refractivity contribution in [3.63, 3.8) is 0 Å². The molecule has 0 aliphatic heterocycles. The molecule has 7 nitrogen and oxygen atoms in total. The zero-order valence-electron chi connectivity index (χ0n) is 18.9. The first-order chi connectivity index (χ1) is 14.9. The van der Waals surface area contributed by atoms with Crippen molar-refractivity contribution in [2.45, 2.75) is 26.8 Å². The molecule has 0 aliphatic rings. The van der Waals surface area contributed by atoms with Gasteiger partial charge in [0, 0.05) is 19.2 Å². The molecule has 0 saturated carbocycles. The van der Waals surface area contributed by atoms with Crippen molar-refractivity contribution in [2.75, 3.05) is 28.4 Å². The van der Waals surface area contributed by atoms with Crippen LogP contribution in [0.3, 0.4) is 0 Å². The van der Waals surface area contributed by atoms with Gasteiger partial charge in [-0.15, -0.1) is 0 Å². The Morgan fingerprint density at radius 3 is 2.26 bits per heavy atom. The third-order valence-corrected chi connectivity index (χ3v) is 5.25. The highest BCUT2D eigenvalue weighted by molar-refractivity contribution is 5.95. The van der Waals surface area contributed by atoms with Crippen LogP contribution in [-0.4, -0.2) is 49.0 Å². The molecule has 0 atom stereocenters. The highest BCUT2D eigenvalue weighted by atomic mass is 16.5. The highest BCUT2D eigenvalue weighted by Crippen LogP contribution is 2.40. The van der Waals surface area contributed by atoms with E-state index in [1.807, 2.05) is 54.9 Å². The van der Waals surface area contributed by atoms with E-state index in [1.165, 1.54) is 5.56 Å². The number of aryl methyl sites for hydroxylation is 1. The predicted molar refractivity (Wildman–Crippen MR) is 120 cm³/mol. The van der Waals surface area contributed by atoms with E-state index < -0.39 is 0 Å². The Morgan fingerprint density at radius 1 is 1.00 bits per heavy atom. The van der Waals surface area contributed by atoms with Crippen molar-refractivity contribution in [1.82, 2.24) is 14.7 Å². The number of ether oxygens (including phenoxy) is 3. The summed E-state index contributed by atoms with van der Waals surface area (Å²) in [4.78, 5) is 14.9. The SMILES string of the molecule is CCc1c(C(=O)N(C)Cc2ccc(OC)c(OC)c2OC)cnn1-c1ccc(C)cc1. The van der Waals surface area contributed by atoms with Crippen LogP contribution in [0.4, 0.5) is 0 Å². The molecule has 0 bridgehead atoms. The molecule has 2 aromatic carbocycles. The van der Waals surface area contributed by atoms with Gasteiger partial charge in [0.15, 0.2) is 11.5 Å². The van der Waals surface area contributed by atoms with Crippen LogP contribution in [0, 0.1) is 6.92 Å². The van der Waals surface area contributed by atoms with Gasteiger partial charge in [-0.25, -0.2) is 4.68 Å². The number of benzene rings is 2. The minimum Gasteiger partial charge on any atom is -0.493 e. The number of carbonyl (C=O) groups excluding carboxylic acids is 1. The van der Waals surface area contributed by atoms with Gasteiger partial charge in [-0.2, -0.15) is 5.10 Å². The molecule has 3 aromatic rings. The van der Waals surface area contributed by atoms with E-state index in [0.717, 1.165) is 16.9 Å². The molecular weight excluding hydrogens is 394 g/mol. The lowest BCUT2D eigenvalue weighted by atomic mass is 10.1. The zero-order chi connectivity index (χ0) is 22.5. The molecule has 31 heavy (non-hydrogen) atoms. The minimum atomic E-state index is -0.105. The monoisotopic (exact) mass is 423 g/mol. The van der Waals surface area contributed by atoms with Gasteiger partial charge in [-0.1, -0.05) is 24.6 Å². The number of hydrogen-bond acceptors (Lipinski definition) is 5. The fourth-order valence-corrected chi connectivity index (χ4v) is 3.62. The maximum Gasteiger partial charge on any atom is 0.257 e. The number of methoxy groups -OCH3 is 3. The van der Waals surface area contributed by atoms with Crippen LogP contribution in [0.15, 0.2) is 42.6 Å². The van der Waals surface area contributed by atoms with Crippen LogP contribution in [0.1, 0.15) is 34.1 Å². The molecule has 1 amide bonds. The van der Waals surface area contributed by atoms with Crippen molar-refractivity contribution in [2.24, 2.45) is 0 Å². The van der Waals surface area contributed by atoms with Gasteiger partial charge in [0.25, 0.3) is 5.91 Å². The van der Waals surface area contributed by atoms with Crippen LogP contribution < -0.4 is 14.2 Å². The Kier molecular flexibility index (Phi) is 6.84. The largest absolute Gasteiger partial charge is 0.493 e. The summed E-state index contributed by atoms with van der Waals surface area (Å²) in [5, 5.41) is 4.49. The lowest BCUT2D eigenvalue weighted by Crippen LogP contribution is -2.27. The summed E-state index contributed by atoms with van der Waals surface area (Å²) in [7, 11) is 6.47. The van der Waals surface area contributed by atoms with Crippen molar-refractivity contribution >= 4 is 5.91 Å². The summed E-state index contributed by atoms with van der Waals surface area (Å²) in [6.07, 6.45) is 2.33. The van der Waals surface area contributed by atoms with Gasteiger partial charge in [0.05, 0.1) is 44.5 Å². The third kappa shape index (κ3) is 4.35. The quantitative estimate of drug-likeness (QED) is 0.547. The molecule has 0 N–H and O–H groups in total. The second kappa shape index (κ2) is 9.55. The Bertz CT molecular complexity index is 1060. The standard InChI is InChI=1S/C24H29N3O4/c1-7-20-19(14-25-27(20)18-11-8-16(2)9-12-18)24(28)26(3)15-17-10-13-21(29-4)23(31-6)22(17)30-5/h8-14H,7,15H2,1-6H3. The predicted octanol–water partition coefficient (Wildman–Crippen LogP) is 4.04. The van der Waals surface area contributed by atoms with Crippen molar-refractivity contribution in [3.8, 4) is 22.9 Å². The molecule has 0 fully saturated rings. The zero-order valence-corrected chi connectivity index (χ0v) is 18.9. The Balaban J connectivity index is 1.90. The summed E-state index contributed by atoms with van der Waals surface area (Å²) in [6, 6.07) is 11.8. The molecular formula is C24H29N3O4. The van der Waals surface area contributed by atoms with Gasteiger partial charge >= 0.3 is 0 Å². The van der Waals surface area contributed by atoms with Gasteiger partial charge in [-0.05, 0) is 37.6 Å². The molecule has 7 heteroatoms. The summed E-state index contributed by atoms with van der Waals surface area (Å²) < 4.78 is 18.2. The first-order valence-electron chi connectivity index (χ1n) is 10.1. The number of nitrogens with zero attached hydrogens (tertiary/aromatic N) is 3. The molecule has 164 valence electrons. The Morgan fingerprint density at radius 2 is 1.68 bits per heavy atom. The fourth-order valence-electron chi connectivity index (χ4n) is 3.62. The Labute approximate surface area is 183 Å². The summed E-state index contributed by atoms with van der Waals surface area (Å²) in [5.74, 6) is 1.52. The summed E-state index contributed by atoms with van der Waals surface area (Å²) in [5.41, 5.74) is 4.39. The molecule has 0 spiro atoms. The maximum atomic E-state index is 13.3. The van der Waals surface area contributed by atoms with E-state index in [0.29, 0.717) is 35.8 Å². The number of amides is 1. The van der Waals surface area contributed by atoms with Gasteiger partial charge < -0.3 is 19.1 Å². The minimum absolute atomic E-state index is 0.105. The lowest BCUT2D eigenvalue weighted by molar-refractivity contribution is 0.0783. The van der Waals surface area contributed by atoms with Crippen LogP contribution in [0.25, 0.3) is 5.69 Å². The normalized spacial score (nSPS) is 10.6. The number of rotatable bonds is 8. The van der Waals surface area contributed by atoms with Crippen LogP contribution >= 0.6 is 0 Å². The van der Waals surface area contributed by atoms with Crippen molar-refractivity contribution < 1.29 is 19.0 Å². The topological polar surface area (TPSA) is 65.8 Å². The van der Waals surface area contributed by atoms with E-state index in [9.17, 15) is 4.79 Å². The van der Waals surface area contributed by atoms with Gasteiger partial charge in [0.2, 0.25) is 5.75 Å². The number of carbonyl (C=O) groups is 1. The van der Waals surface area contributed by atoms with Crippen molar-refractivity contribution in [1.29, 1.82) is 0 Å². The average molecular weight is 424 g/mol. The molecule has 0 aliphatic carbocycles. The van der Waals surface area contributed by atoms with Crippen LogP contribution in [-0.2, 0) is 13.0 Å². The van der Waals surface area contributed by atoms with Crippen LogP contribution in [0.2, 0.25) is 0 Å². The molecule has 0 radical (unpaired) electrons. The summed E-state index contributed by atoms with van der Waals surface area (Å²) >= 11 is 0. The second-order valence-corrected chi connectivity index (χ2v) is 7.26. The smallest absolute Gasteiger partial charge is 0.257 e. The summed E-state index contributed by atoms with van der Waals surface area (Å²) in [6.45, 7) is 4.41. The van der Waals surface area contributed by atoms with E-state index in [1.54, 1.807) is 39.5 Å². The van der Waals surface area contributed by atoms with Gasteiger partial charge in [-0.3, -0.25) is 4.79 Å². The number of aromatic nitrogens is 2.